The normalized spacial score (nSPS) is 29.0. The Morgan fingerprint density at radius 1 is 0.541 bits per heavy atom. The van der Waals surface area contributed by atoms with Gasteiger partial charge >= 0.3 is 0 Å². The van der Waals surface area contributed by atoms with Crippen molar-refractivity contribution < 1.29 is 0 Å². The highest BCUT2D eigenvalue weighted by Gasteiger charge is 2.41. The van der Waals surface area contributed by atoms with E-state index in [1.165, 1.54) is 103 Å². The van der Waals surface area contributed by atoms with Gasteiger partial charge in [0.05, 0.1) is 0 Å². The molecule has 0 saturated heterocycles. The molecule has 0 aromatic rings. The van der Waals surface area contributed by atoms with Crippen molar-refractivity contribution in [3.63, 3.8) is 0 Å². The fourth-order valence-corrected chi connectivity index (χ4v) is 10.6. The van der Waals surface area contributed by atoms with E-state index in [9.17, 15) is 0 Å². The maximum atomic E-state index is 2.59. The summed E-state index contributed by atoms with van der Waals surface area (Å²) in [5, 5.41) is 1.80. The lowest BCUT2D eigenvalue weighted by molar-refractivity contribution is 0.135. The highest BCUT2D eigenvalue weighted by atomic mass is 32.2. The van der Waals surface area contributed by atoms with Gasteiger partial charge in [0.25, 0.3) is 0 Å². The predicted octanol–water partition coefficient (Wildman–Crippen LogP) is 12.6. The Balaban J connectivity index is 2.28. The molecule has 2 saturated carbocycles. The Hall–Kier alpha value is 0.350. The van der Waals surface area contributed by atoms with Crippen molar-refractivity contribution in [3.8, 4) is 0 Å². The maximum absolute atomic E-state index is 2.59. The average molecular weight is 535 g/mol. The Kier molecular flexibility index (Phi) is 14.5. The van der Waals surface area contributed by atoms with Crippen molar-refractivity contribution in [2.75, 3.05) is 0 Å². The molecule has 0 nitrogen and oxygen atoms in total. The van der Waals surface area contributed by atoms with Crippen LogP contribution in [0.4, 0.5) is 0 Å². The zero-order chi connectivity index (χ0) is 27.6. The second-order valence-corrected chi connectivity index (χ2v) is 17.0. The summed E-state index contributed by atoms with van der Waals surface area (Å²) in [6.45, 7) is 24.8. The van der Waals surface area contributed by atoms with E-state index in [0.717, 1.165) is 46.0 Å². The molecule has 0 bridgehead atoms. The summed E-state index contributed by atoms with van der Waals surface area (Å²) in [6, 6.07) is 0. The van der Waals surface area contributed by atoms with Gasteiger partial charge in [-0.2, -0.15) is 11.8 Å². The van der Waals surface area contributed by atoms with Crippen LogP contribution in [0.25, 0.3) is 0 Å². The first-order valence-corrected chi connectivity index (χ1v) is 18.1. The summed E-state index contributed by atoms with van der Waals surface area (Å²) in [5.74, 6) is 5.64. The molecular formula is C36H70S. The Bertz CT molecular complexity index is 527. The number of rotatable bonds is 14. The van der Waals surface area contributed by atoms with Crippen molar-refractivity contribution in [3.05, 3.63) is 0 Å². The van der Waals surface area contributed by atoms with Crippen molar-refractivity contribution in [1.82, 2.24) is 0 Å². The van der Waals surface area contributed by atoms with Crippen LogP contribution in [0, 0.1) is 46.3 Å². The van der Waals surface area contributed by atoms with Gasteiger partial charge in [0.2, 0.25) is 0 Å². The zero-order valence-corrected chi connectivity index (χ0v) is 28.2. The van der Waals surface area contributed by atoms with Crippen LogP contribution in [0.15, 0.2) is 0 Å². The third-order valence-corrected chi connectivity index (χ3v) is 13.2. The molecule has 0 aromatic carbocycles. The van der Waals surface area contributed by atoms with Gasteiger partial charge in [-0.05, 0) is 111 Å². The minimum atomic E-state index is 0.488. The first-order chi connectivity index (χ1) is 17.5. The molecule has 2 aliphatic rings. The van der Waals surface area contributed by atoms with Gasteiger partial charge < -0.3 is 0 Å². The smallest absolute Gasteiger partial charge is 0.0106 e. The van der Waals surface area contributed by atoms with Crippen molar-refractivity contribution >= 4 is 11.8 Å². The van der Waals surface area contributed by atoms with Crippen LogP contribution in [0.5, 0.6) is 0 Å². The van der Waals surface area contributed by atoms with Crippen molar-refractivity contribution in [1.29, 1.82) is 0 Å². The molecule has 2 rings (SSSR count). The van der Waals surface area contributed by atoms with Crippen LogP contribution >= 0.6 is 11.8 Å². The molecule has 4 atom stereocenters. The summed E-state index contributed by atoms with van der Waals surface area (Å²) in [4.78, 5) is 0. The van der Waals surface area contributed by atoms with E-state index in [0.29, 0.717) is 10.8 Å². The van der Waals surface area contributed by atoms with E-state index in [4.69, 9.17) is 0 Å². The van der Waals surface area contributed by atoms with Crippen molar-refractivity contribution in [2.24, 2.45) is 46.3 Å². The second-order valence-electron chi connectivity index (χ2n) is 15.6. The molecule has 0 aliphatic heterocycles. The Morgan fingerprint density at radius 2 is 0.865 bits per heavy atom. The van der Waals surface area contributed by atoms with Crippen molar-refractivity contribution in [2.45, 2.75) is 182 Å². The van der Waals surface area contributed by atoms with Crippen LogP contribution in [0.2, 0.25) is 0 Å². The summed E-state index contributed by atoms with van der Waals surface area (Å²) < 4.78 is 0. The topological polar surface area (TPSA) is 0 Å². The first-order valence-electron chi connectivity index (χ1n) is 17.1. The molecule has 37 heavy (non-hydrogen) atoms. The third-order valence-electron chi connectivity index (χ3n) is 11.1. The molecule has 1 heteroatoms. The number of hydrogen-bond acceptors (Lipinski definition) is 1. The molecule has 0 radical (unpaired) electrons. The van der Waals surface area contributed by atoms with E-state index in [-0.39, 0.29) is 0 Å². The summed E-state index contributed by atoms with van der Waals surface area (Å²) in [6.07, 6.45) is 23.2. The second kappa shape index (κ2) is 16.0. The van der Waals surface area contributed by atoms with E-state index in [1.54, 1.807) is 0 Å². The molecule has 2 aliphatic carbocycles. The van der Waals surface area contributed by atoms with Crippen LogP contribution in [0.1, 0.15) is 172 Å². The predicted molar refractivity (Wildman–Crippen MR) is 172 cm³/mol. The molecule has 2 fully saturated rings. The molecule has 0 aromatic heterocycles. The number of unbranched alkanes of at least 4 members (excludes halogenated alkanes) is 2. The summed E-state index contributed by atoms with van der Waals surface area (Å²) in [5.41, 5.74) is 0.976. The fraction of sp³-hybridized carbons (Fsp3) is 1.00. The largest absolute Gasteiger partial charge is 0.154 e. The number of thioether (sulfide) groups is 1. The van der Waals surface area contributed by atoms with Crippen LogP contribution < -0.4 is 0 Å². The molecule has 0 spiro atoms. The molecular weight excluding hydrogens is 464 g/mol. The highest BCUT2D eigenvalue weighted by Crippen LogP contribution is 2.51. The van der Waals surface area contributed by atoms with Gasteiger partial charge in [-0.1, -0.05) is 108 Å². The highest BCUT2D eigenvalue weighted by molar-refractivity contribution is 8.00. The minimum absolute atomic E-state index is 0.488. The monoisotopic (exact) mass is 535 g/mol. The quantitative estimate of drug-likeness (QED) is 0.213. The van der Waals surface area contributed by atoms with Crippen LogP contribution in [0.3, 0.4) is 0 Å². The van der Waals surface area contributed by atoms with Crippen LogP contribution in [-0.2, 0) is 0 Å². The number of hydrogen-bond donors (Lipinski definition) is 0. The van der Waals surface area contributed by atoms with E-state index < -0.39 is 0 Å². The lowest BCUT2D eigenvalue weighted by atomic mass is 9.68. The third kappa shape index (κ3) is 10.4. The van der Waals surface area contributed by atoms with Gasteiger partial charge in [0.15, 0.2) is 0 Å². The Labute approximate surface area is 240 Å². The van der Waals surface area contributed by atoms with Gasteiger partial charge in [0.1, 0.15) is 0 Å². The molecule has 0 N–H and O–H groups in total. The van der Waals surface area contributed by atoms with Gasteiger partial charge in [-0.15, -0.1) is 0 Å². The molecule has 4 unspecified atom stereocenters. The first kappa shape index (κ1) is 33.6. The van der Waals surface area contributed by atoms with Crippen LogP contribution in [-0.4, -0.2) is 10.5 Å². The van der Waals surface area contributed by atoms with Gasteiger partial charge in [0, 0.05) is 10.5 Å². The fourth-order valence-electron chi connectivity index (χ4n) is 8.16. The minimum Gasteiger partial charge on any atom is -0.154 e. The lowest BCUT2D eigenvalue weighted by Gasteiger charge is -2.46. The standard InChI is InChI=1S/C36H70S/c1-11-15-17-27(13-3)33(29-19-23-31(24-20-29)35(5,6)7)37-34(28(14-4)18-16-12-2)30-21-25-32(26-22-30)36(8,9)10/h27-34H,11-26H2,1-10H3. The average Bonchev–Trinajstić information content (AvgIpc) is 2.86. The molecule has 0 heterocycles. The lowest BCUT2D eigenvalue weighted by Crippen LogP contribution is -2.38. The molecule has 220 valence electrons. The SMILES string of the molecule is CCCCC(CC)C(SC(C(CC)CCCC)C1CCC(C(C)(C)C)CC1)C1CCC(C(C)(C)C)CC1. The maximum Gasteiger partial charge on any atom is 0.0106 e. The summed E-state index contributed by atoms with van der Waals surface area (Å²) >= 11 is 2.59. The van der Waals surface area contributed by atoms with Gasteiger partial charge in [-0.25, -0.2) is 0 Å². The van der Waals surface area contributed by atoms with E-state index >= 15 is 0 Å². The zero-order valence-electron chi connectivity index (χ0n) is 27.3. The summed E-state index contributed by atoms with van der Waals surface area (Å²) in [7, 11) is 0. The van der Waals surface area contributed by atoms with E-state index in [2.05, 4.69) is 81.0 Å². The molecule has 0 amide bonds. The van der Waals surface area contributed by atoms with Gasteiger partial charge in [-0.3, -0.25) is 0 Å². The Morgan fingerprint density at radius 3 is 1.11 bits per heavy atom. The van der Waals surface area contributed by atoms with E-state index in [1.807, 2.05) is 0 Å².